The van der Waals surface area contributed by atoms with E-state index < -0.39 is 21.8 Å². The lowest BCUT2D eigenvalue weighted by molar-refractivity contribution is 0.0661. The fourth-order valence-electron chi connectivity index (χ4n) is 1.71. The normalized spacial score (nSPS) is 11.7. The number of hydrogen-bond acceptors (Lipinski definition) is 5. The van der Waals surface area contributed by atoms with E-state index in [1.165, 1.54) is 18.3 Å². The molecule has 0 bridgehead atoms. The van der Waals surface area contributed by atoms with Crippen LogP contribution in [-0.4, -0.2) is 26.0 Å². The molecule has 0 unspecified atom stereocenters. The molecular formula is C12H12BrNO5S2. The first-order chi connectivity index (χ1) is 9.79. The lowest BCUT2D eigenvalue weighted by Crippen LogP contribution is -2.26. The average Bonchev–Trinajstić information content (AvgIpc) is 2.96. The van der Waals surface area contributed by atoms with Gasteiger partial charge >= 0.3 is 5.97 Å². The monoisotopic (exact) mass is 393 g/mol. The molecule has 0 aromatic carbocycles. The van der Waals surface area contributed by atoms with Crippen molar-refractivity contribution in [1.82, 2.24) is 4.72 Å². The summed E-state index contributed by atoms with van der Waals surface area (Å²) in [5.74, 6) is -1.64. The first-order valence-electron chi connectivity index (χ1n) is 5.87. The van der Waals surface area contributed by atoms with Gasteiger partial charge in [-0.1, -0.05) is 0 Å². The molecule has 0 saturated heterocycles. The van der Waals surface area contributed by atoms with Gasteiger partial charge in [0.1, 0.15) is 10.7 Å². The van der Waals surface area contributed by atoms with Crippen molar-refractivity contribution < 1.29 is 22.7 Å². The number of furan rings is 1. The number of hydrogen-bond donors (Lipinski definition) is 2. The van der Waals surface area contributed by atoms with Crippen LogP contribution in [0, 0.1) is 6.92 Å². The number of aryl methyl sites for hydroxylation is 1. The van der Waals surface area contributed by atoms with E-state index in [1.54, 1.807) is 0 Å². The molecule has 2 N–H and O–H groups in total. The molecule has 0 amide bonds. The predicted molar refractivity (Wildman–Crippen MR) is 81.3 cm³/mol. The fraction of sp³-hybridized carbons (Fsp3) is 0.250. The lowest BCUT2D eigenvalue weighted by atomic mass is 10.3. The maximum Gasteiger partial charge on any atom is 0.371 e. The molecule has 2 aromatic rings. The van der Waals surface area contributed by atoms with E-state index in [2.05, 4.69) is 20.7 Å². The van der Waals surface area contributed by atoms with E-state index in [9.17, 15) is 13.2 Å². The molecule has 114 valence electrons. The molecule has 9 heteroatoms. The summed E-state index contributed by atoms with van der Waals surface area (Å²) in [6.07, 6.45) is 0.554. The molecule has 0 spiro atoms. The molecule has 21 heavy (non-hydrogen) atoms. The summed E-state index contributed by atoms with van der Waals surface area (Å²) in [7, 11) is -3.78. The molecule has 0 aliphatic carbocycles. The molecule has 0 saturated carbocycles. The van der Waals surface area contributed by atoms with E-state index in [1.807, 2.05) is 12.1 Å². The number of halogens is 1. The topological polar surface area (TPSA) is 96.6 Å². The van der Waals surface area contributed by atoms with E-state index in [4.69, 9.17) is 9.52 Å². The van der Waals surface area contributed by atoms with Crippen LogP contribution >= 0.6 is 27.3 Å². The minimum Gasteiger partial charge on any atom is -0.475 e. The Morgan fingerprint density at radius 2 is 2.19 bits per heavy atom. The van der Waals surface area contributed by atoms with Gasteiger partial charge in [-0.25, -0.2) is 17.9 Å². The number of nitrogens with one attached hydrogen (secondary N) is 1. The van der Waals surface area contributed by atoms with Gasteiger partial charge in [0.15, 0.2) is 0 Å². The Hall–Kier alpha value is -1.16. The SMILES string of the molecule is Cc1oc(C(=O)O)cc1S(=O)(=O)NCCc1ccc(Br)s1. The maximum atomic E-state index is 12.1. The number of carbonyl (C=O) groups is 1. The maximum absolute atomic E-state index is 12.1. The largest absolute Gasteiger partial charge is 0.475 e. The zero-order chi connectivity index (χ0) is 15.6. The Labute approximate surface area is 134 Å². The van der Waals surface area contributed by atoms with Crippen LogP contribution in [0.1, 0.15) is 21.2 Å². The molecule has 0 fully saturated rings. The number of aromatic carboxylic acids is 1. The van der Waals surface area contributed by atoms with Gasteiger partial charge in [0.2, 0.25) is 15.8 Å². The summed E-state index contributed by atoms with van der Waals surface area (Å²) in [5.41, 5.74) is 0. The van der Waals surface area contributed by atoms with Crippen LogP contribution in [-0.2, 0) is 16.4 Å². The van der Waals surface area contributed by atoms with Gasteiger partial charge in [0.05, 0.1) is 3.79 Å². The molecule has 6 nitrogen and oxygen atoms in total. The zero-order valence-electron chi connectivity index (χ0n) is 10.9. The van der Waals surface area contributed by atoms with E-state index in [0.29, 0.717) is 6.42 Å². The van der Waals surface area contributed by atoms with Crippen LogP contribution in [0.4, 0.5) is 0 Å². The van der Waals surface area contributed by atoms with Gasteiger partial charge in [-0.05, 0) is 41.4 Å². The Balaban J connectivity index is 2.06. The Morgan fingerprint density at radius 1 is 1.48 bits per heavy atom. The molecule has 2 aromatic heterocycles. The average molecular weight is 394 g/mol. The number of rotatable bonds is 6. The standard InChI is InChI=1S/C12H12BrNO5S2/c1-7-10(6-9(19-7)12(15)16)21(17,18)14-5-4-8-2-3-11(13)20-8/h2-3,6,14H,4-5H2,1H3,(H,15,16). The van der Waals surface area contributed by atoms with Crippen LogP contribution < -0.4 is 4.72 Å². The Bertz CT molecular complexity index is 762. The number of carboxylic acids is 1. The Morgan fingerprint density at radius 3 is 2.71 bits per heavy atom. The summed E-state index contributed by atoms with van der Waals surface area (Å²) >= 11 is 4.87. The van der Waals surface area contributed by atoms with Crippen molar-refractivity contribution in [1.29, 1.82) is 0 Å². The number of thiophene rings is 1. The fourth-order valence-corrected chi connectivity index (χ4v) is 4.40. The first-order valence-corrected chi connectivity index (χ1v) is 8.96. The Kier molecular flexibility index (Phi) is 4.87. The minimum atomic E-state index is -3.78. The summed E-state index contributed by atoms with van der Waals surface area (Å²) < 4.78 is 32.6. The first kappa shape index (κ1) is 16.2. The van der Waals surface area contributed by atoms with Gasteiger partial charge in [-0.15, -0.1) is 11.3 Å². The smallest absolute Gasteiger partial charge is 0.371 e. The highest BCUT2D eigenvalue weighted by Crippen LogP contribution is 2.23. The van der Waals surface area contributed by atoms with Crippen LogP contribution in [0.2, 0.25) is 0 Å². The van der Waals surface area contributed by atoms with E-state index in [0.717, 1.165) is 14.7 Å². The molecule has 2 rings (SSSR count). The van der Waals surface area contributed by atoms with Crippen molar-refractivity contribution in [3.63, 3.8) is 0 Å². The second-order valence-corrected chi connectivity index (χ2v) is 8.47. The third kappa shape index (κ3) is 3.94. The van der Waals surface area contributed by atoms with Gasteiger partial charge in [-0.3, -0.25) is 0 Å². The molecular weight excluding hydrogens is 382 g/mol. The van der Waals surface area contributed by atoms with Crippen molar-refractivity contribution in [2.45, 2.75) is 18.2 Å². The van der Waals surface area contributed by atoms with Gasteiger partial charge in [0.25, 0.3) is 0 Å². The third-order valence-corrected chi connectivity index (χ3v) is 5.92. The van der Waals surface area contributed by atoms with Crippen LogP contribution in [0.3, 0.4) is 0 Å². The van der Waals surface area contributed by atoms with Gasteiger partial charge in [0, 0.05) is 17.5 Å². The summed E-state index contributed by atoms with van der Waals surface area (Å²) in [6.45, 7) is 1.64. The zero-order valence-corrected chi connectivity index (χ0v) is 14.1. The number of sulfonamides is 1. The molecule has 0 aliphatic heterocycles. The minimum absolute atomic E-state index is 0.0544. The van der Waals surface area contributed by atoms with E-state index >= 15 is 0 Å². The van der Waals surface area contributed by atoms with Crippen molar-refractivity contribution in [3.05, 3.63) is 38.4 Å². The molecule has 0 radical (unpaired) electrons. The van der Waals surface area contributed by atoms with Gasteiger partial charge in [-0.2, -0.15) is 0 Å². The second-order valence-electron chi connectivity index (χ2n) is 4.19. The highest BCUT2D eigenvalue weighted by Gasteiger charge is 2.23. The summed E-state index contributed by atoms with van der Waals surface area (Å²) in [5, 5.41) is 8.80. The predicted octanol–water partition coefficient (Wildman–Crippen LogP) is 2.63. The summed E-state index contributed by atoms with van der Waals surface area (Å²) in [6, 6.07) is 4.82. The van der Waals surface area contributed by atoms with E-state index in [-0.39, 0.29) is 17.2 Å². The lowest BCUT2D eigenvalue weighted by Gasteiger charge is -2.04. The summed E-state index contributed by atoms with van der Waals surface area (Å²) in [4.78, 5) is 11.7. The van der Waals surface area contributed by atoms with Gasteiger partial charge < -0.3 is 9.52 Å². The third-order valence-electron chi connectivity index (χ3n) is 2.66. The highest BCUT2D eigenvalue weighted by atomic mass is 79.9. The van der Waals surface area contributed by atoms with Crippen molar-refractivity contribution in [2.24, 2.45) is 0 Å². The van der Waals surface area contributed by atoms with Crippen molar-refractivity contribution in [2.75, 3.05) is 6.54 Å². The molecule has 0 aliphatic rings. The van der Waals surface area contributed by atoms with Crippen LogP contribution in [0.15, 0.2) is 31.3 Å². The highest BCUT2D eigenvalue weighted by molar-refractivity contribution is 9.11. The molecule has 2 heterocycles. The second kappa shape index (κ2) is 6.30. The van der Waals surface area contributed by atoms with Crippen molar-refractivity contribution in [3.8, 4) is 0 Å². The quantitative estimate of drug-likeness (QED) is 0.785. The van der Waals surface area contributed by atoms with Crippen LogP contribution in [0.5, 0.6) is 0 Å². The van der Waals surface area contributed by atoms with Crippen LogP contribution in [0.25, 0.3) is 0 Å². The van der Waals surface area contributed by atoms with Crippen molar-refractivity contribution >= 4 is 43.3 Å². The molecule has 0 atom stereocenters. The number of carboxylic acid groups (broad SMARTS) is 1.